The van der Waals surface area contributed by atoms with Crippen LogP contribution in [-0.2, 0) is 28.6 Å². The van der Waals surface area contributed by atoms with Gasteiger partial charge in [-0.2, -0.15) is 0 Å². The van der Waals surface area contributed by atoms with Gasteiger partial charge in [-0.15, -0.1) is 11.8 Å². The van der Waals surface area contributed by atoms with E-state index in [1.54, 1.807) is 0 Å². The number of nitrogens with zero attached hydrogens (tertiary/aromatic N) is 1. The van der Waals surface area contributed by atoms with Crippen LogP contribution < -0.4 is 0 Å². The summed E-state index contributed by atoms with van der Waals surface area (Å²) in [5.74, 6) is -2.04. The molecule has 118 valence electrons. The van der Waals surface area contributed by atoms with Gasteiger partial charge in [-0.25, -0.2) is 0 Å². The van der Waals surface area contributed by atoms with Gasteiger partial charge in [0.15, 0.2) is 11.5 Å². The molecule has 1 aliphatic heterocycles. The minimum Gasteiger partial charge on any atom is -0.454 e. The fourth-order valence-electron chi connectivity index (χ4n) is 1.91. The van der Waals surface area contributed by atoms with Gasteiger partial charge in [0.2, 0.25) is 6.10 Å². The predicted molar refractivity (Wildman–Crippen MR) is 69.9 cm³/mol. The number of hydrogen-bond acceptors (Lipinski definition) is 9. The van der Waals surface area contributed by atoms with Crippen LogP contribution in [0.15, 0.2) is 0 Å². The van der Waals surface area contributed by atoms with Gasteiger partial charge in [0.05, 0.1) is 0 Å². The highest BCUT2D eigenvalue weighted by Crippen LogP contribution is 2.32. The van der Waals surface area contributed by atoms with Gasteiger partial charge in [0.1, 0.15) is 0 Å². The summed E-state index contributed by atoms with van der Waals surface area (Å²) in [5.41, 5.74) is -1.02. The van der Waals surface area contributed by atoms with Gasteiger partial charge in [0, 0.05) is 31.4 Å². The smallest absolute Gasteiger partial charge is 0.303 e. The lowest BCUT2D eigenvalue weighted by Crippen LogP contribution is -2.56. The van der Waals surface area contributed by atoms with Crippen LogP contribution in [0.3, 0.4) is 0 Å². The summed E-state index contributed by atoms with van der Waals surface area (Å²) in [4.78, 5) is 43.8. The van der Waals surface area contributed by atoms with E-state index in [0.717, 1.165) is 32.5 Å². The molecule has 4 unspecified atom stereocenters. The normalized spacial score (nSPS) is 28.3. The van der Waals surface area contributed by atoms with Crippen LogP contribution in [0.5, 0.6) is 0 Å². The van der Waals surface area contributed by atoms with Crippen molar-refractivity contribution >= 4 is 29.7 Å². The van der Waals surface area contributed by atoms with E-state index >= 15 is 0 Å². The second-order valence-electron chi connectivity index (χ2n) is 4.31. The number of rotatable bonds is 4. The summed E-state index contributed by atoms with van der Waals surface area (Å²) in [7, 11) is 0. The SMILES string of the molecule is CC(=O)OC1CSC(OC(C)=O)C(OC(C)=O)C1[N+](=O)[O-]. The molecule has 21 heavy (non-hydrogen) atoms. The van der Waals surface area contributed by atoms with Crippen molar-refractivity contribution in [3.05, 3.63) is 10.1 Å². The van der Waals surface area contributed by atoms with Crippen LogP contribution in [-0.4, -0.2) is 52.3 Å². The zero-order valence-electron chi connectivity index (χ0n) is 11.6. The molecule has 1 aliphatic rings. The number of thioether (sulfide) groups is 1. The van der Waals surface area contributed by atoms with Crippen LogP contribution in [0.1, 0.15) is 20.8 Å². The third-order valence-electron chi connectivity index (χ3n) is 2.56. The number of nitro groups is 1. The predicted octanol–water partition coefficient (Wildman–Crippen LogP) is 0.131. The van der Waals surface area contributed by atoms with Gasteiger partial charge >= 0.3 is 17.9 Å². The van der Waals surface area contributed by atoms with Crippen LogP contribution in [0.4, 0.5) is 0 Å². The van der Waals surface area contributed by atoms with Crippen LogP contribution in [0.25, 0.3) is 0 Å². The van der Waals surface area contributed by atoms with Crippen molar-refractivity contribution in [1.82, 2.24) is 0 Å². The van der Waals surface area contributed by atoms with Crippen molar-refractivity contribution in [3.63, 3.8) is 0 Å². The van der Waals surface area contributed by atoms with E-state index in [9.17, 15) is 24.5 Å². The first-order chi connectivity index (χ1) is 9.72. The molecule has 0 bridgehead atoms. The molecule has 0 aromatic carbocycles. The first-order valence-electron chi connectivity index (χ1n) is 5.99. The maximum Gasteiger partial charge on any atom is 0.303 e. The molecule has 1 saturated heterocycles. The molecule has 0 amide bonds. The van der Waals surface area contributed by atoms with E-state index in [1.807, 2.05) is 0 Å². The molecule has 0 N–H and O–H groups in total. The summed E-state index contributed by atoms with van der Waals surface area (Å²) >= 11 is 1.01. The Hall–Kier alpha value is -1.84. The minimum atomic E-state index is -1.50. The fourth-order valence-corrected chi connectivity index (χ4v) is 3.16. The van der Waals surface area contributed by atoms with E-state index in [0.29, 0.717) is 0 Å². The summed E-state index contributed by atoms with van der Waals surface area (Å²) < 4.78 is 14.8. The van der Waals surface area contributed by atoms with E-state index in [-0.39, 0.29) is 5.75 Å². The second kappa shape index (κ2) is 7.25. The summed E-state index contributed by atoms with van der Waals surface area (Å²) in [6.07, 6.45) is -2.40. The van der Waals surface area contributed by atoms with Crippen molar-refractivity contribution < 1.29 is 33.5 Å². The Kier molecular flexibility index (Phi) is 5.94. The minimum absolute atomic E-state index is 0.0565. The van der Waals surface area contributed by atoms with Crippen LogP contribution in [0, 0.1) is 10.1 Å². The van der Waals surface area contributed by atoms with Crippen molar-refractivity contribution in [2.75, 3.05) is 5.75 Å². The summed E-state index contributed by atoms with van der Waals surface area (Å²) in [6.45, 7) is 3.35. The van der Waals surface area contributed by atoms with E-state index in [1.165, 1.54) is 0 Å². The van der Waals surface area contributed by atoms with Crippen molar-refractivity contribution in [3.8, 4) is 0 Å². The average molecular weight is 321 g/mol. The third-order valence-corrected chi connectivity index (χ3v) is 3.77. The fraction of sp³-hybridized carbons (Fsp3) is 0.727. The lowest BCUT2D eigenvalue weighted by atomic mass is 10.1. The molecule has 0 spiro atoms. The van der Waals surface area contributed by atoms with Gasteiger partial charge in [-0.1, -0.05) is 0 Å². The number of hydrogen-bond donors (Lipinski definition) is 0. The summed E-state index contributed by atoms with van der Waals surface area (Å²) in [6, 6.07) is -1.50. The van der Waals surface area contributed by atoms with E-state index < -0.39 is 46.5 Å². The first-order valence-corrected chi connectivity index (χ1v) is 7.04. The second-order valence-corrected chi connectivity index (χ2v) is 5.44. The third kappa shape index (κ3) is 4.88. The number of carbonyl (C=O) groups excluding carboxylic acids is 3. The molecule has 10 heteroatoms. The lowest BCUT2D eigenvalue weighted by molar-refractivity contribution is -0.546. The summed E-state index contributed by atoms with van der Waals surface area (Å²) in [5, 5.41) is 11.2. The molecule has 1 rings (SSSR count). The molecule has 9 nitrogen and oxygen atoms in total. The van der Waals surface area contributed by atoms with Crippen molar-refractivity contribution in [2.45, 2.75) is 44.5 Å². The lowest BCUT2D eigenvalue weighted by Gasteiger charge is -2.35. The van der Waals surface area contributed by atoms with Gasteiger partial charge in [0.25, 0.3) is 6.04 Å². The molecule has 1 heterocycles. The average Bonchev–Trinajstić information content (AvgIpc) is 2.30. The van der Waals surface area contributed by atoms with Crippen LogP contribution in [0.2, 0.25) is 0 Å². The highest BCUT2D eigenvalue weighted by molar-refractivity contribution is 7.99. The molecular weight excluding hydrogens is 306 g/mol. The zero-order valence-corrected chi connectivity index (χ0v) is 12.5. The highest BCUT2D eigenvalue weighted by Gasteiger charge is 2.53. The van der Waals surface area contributed by atoms with Gasteiger partial charge in [-0.05, 0) is 0 Å². The number of esters is 3. The number of ether oxygens (including phenoxy) is 3. The Morgan fingerprint density at radius 3 is 2.00 bits per heavy atom. The zero-order chi connectivity index (χ0) is 16.2. The Morgan fingerprint density at radius 2 is 1.57 bits per heavy atom. The molecule has 0 aromatic heterocycles. The topological polar surface area (TPSA) is 122 Å². The molecule has 0 aromatic rings. The van der Waals surface area contributed by atoms with Crippen LogP contribution >= 0.6 is 11.8 Å². The van der Waals surface area contributed by atoms with Gasteiger partial charge in [-0.3, -0.25) is 24.5 Å². The Bertz CT molecular complexity index is 454. The van der Waals surface area contributed by atoms with E-state index in [4.69, 9.17) is 14.2 Å². The molecular formula is C11H15NO8S. The van der Waals surface area contributed by atoms with E-state index in [2.05, 4.69) is 0 Å². The first kappa shape index (κ1) is 17.2. The molecule has 0 radical (unpaired) electrons. The standard InChI is InChI=1S/C11H15NO8S/c1-5(13)18-8-4-21-11(20-7(3)15)10(19-6(2)14)9(8)12(16)17/h8-11H,4H2,1-3H3. The Morgan fingerprint density at radius 1 is 1.05 bits per heavy atom. The maximum atomic E-state index is 11.2. The molecule has 1 fully saturated rings. The van der Waals surface area contributed by atoms with Crippen molar-refractivity contribution in [1.29, 1.82) is 0 Å². The number of carbonyl (C=O) groups is 3. The molecule has 0 saturated carbocycles. The van der Waals surface area contributed by atoms with Gasteiger partial charge < -0.3 is 14.2 Å². The Labute approximate surface area is 124 Å². The molecule has 0 aliphatic carbocycles. The monoisotopic (exact) mass is 321 g/mol. The highest BCUT2D eigenvalue weighted by atomic mass is 32.2. The Balaban J connectivity index is 3.03. The van der Waals surface area contributed by atoms with Crippen molar-refractivity contribution in [2.24, 2.45) is 0 Å². The largest absolute Gasteiger partial charge is 0.454 e. The maximum absolute atomic E-state index is 11.2. The quantitative estimate of drug-likeness (QED) is 0.307. The molecule has 4 atom stereocenters.